The molecule has 0 aliphatic heterocycles. The van der Waals surface area contributed by atoms with E-state index in [1.54, 1.807) is 0 Å². The van der Waals surface area contributed by atoms with Gasteiger partial charge in [0, 0.05) is 24.3 Å². The average Bonchev–Trinajstić information content (AvgIpc) is 2.31. The predicted molar refractivity (Wildman–Crippen MR) is 68.2 cm³/mol. The molecule has 0 aliphatic carbocycles. The van der Waals surface area contributed by atoms with Gasteiger partial charge in [-0.25, -0.2) is 0 Å². The predicted octanol–water partition coefficient (Wildman–Crippen LogP) is 2.01. The molecule has 0 radical (unpaired) electrons. The van der Waals surface area contributed by atoms with Crippen molar-refractivity contribution in [2.75, 3.05) is 18.9 Å². The molecule has 1 aromatic rings. The standard InChI is InChI=1S/C11H18N2O2S/c1-2-11(16-14-8-7-12)15-10-5-3-9(13)4-6-10/h3-6,11H,2,7-8,12-13H2,1H3. The van der Waals surface area contributed by atoms with E-state index in [9.17, 15) is 0 Å². The van der Waals surface area contributed by atoms with Crippen LogP contribution in [0.3, 0.4) is 0 Å². The quantitative estimate of drug-likeness (QED) is 0.331. The first-order valence-corrected chi connectivity index (χ1v) is 6.07. The molecule has 0 bridgehead atoms. The lowest BCUT2D eigenvalue weighted by atomic mass is 10.3. The normalized spacial score (nSPS) is 12.4. The summed E-state index contributed by atoms with van der Waals surface area (Å²) >= 11 is 1.31. The van der Waals surface area contributed by atoms with E-state index in [0.29, 0.717) is 13.2 Å². The minimum absolute atomic E-state index is 0.0184. The second-order valence-electron chi connectivity index (χ2n) is 3.23. The van der Waals surface area contributed by atoms with E-state index in [1.807, 2.05) is 31.2 Å². The van der Waals surface area contributed by atoms with Gasteiger partial charge in [-0.3, -0.25) is 0 Å². The van der Waals surface area contributed by atoms with Crippen LogP contribution in [-0.4, -0.2) is 18.6 Å². The number of nitrogens with two attached hydrogens (primary N) is 2. The maximum atomic E-state index is 5.71. The highest BCUT2D eigenvalue weighted by Gasteiger charge is 2.09. The summed E-state index contributed by atoms with van der Waals surface area (Å²) in [6.45, 7) is 3.10. The van der Waals surface area contributed by atoms with Crippen LogP contribution in [0.25, 0.3) is 0 Å². The Kier molecular flexibility index (Phi) is 6.07. The SMILES string of the molecule is CCC(Oc1ccc(N)cc1)SOCCN. The van der Waals surface area contributed by atoms with Crippen molar-refractivity contribution < 1.29 is 8.92 Å². The molecule has 4 nitrogen and oxygen atoms in total. The maximum Gasteiger partial charge on any atom is 0.169 e. The van der Waals surface area contributed by atoms with Gasteiger partial charge in [-0.1, -0.05) is 6.92 Å². The van der Waals surface area contributed by atoms with Gasteiger partial charge in [0.2, 0.25) is 0 Å². The van der Waals surface area contributed by atoms with Crippen molar-refractivity contribution in [1.29, 1.82) is 0 Å². The van der Waals surface area contributed by atoms with Gasteiger partial charge >= 0.3 is 0 Å². The third-order valence-corrected chi connectivity index (χ3v) is 2.80. The fourth-order valence-corrected chi connectivity index (χ4v) is 1.67. The van der Waals surface area contributed by atoms with E-state index in [2.05, 4.69) is 0 Å². The van der Waals surface area contributed by atoms with Gasteiger partial charge in [0.05, 0.1) is 6.61 Å². The lowest BCUT2D eigenvalue weighted by Crippen LogP contribution is -2.13. The topological polar surface area (TPSA) is 70.5 Å². The molecule has 4 N–H and O–H groups in total. The van der Waals surface area contributed by atoms with Crippen LogP contribution in [0.5, 0.6) is 5.75 Å². The van der Waals surface area contributed by atoms with Gasteiger partial charge in [0.1, 0.15) is 5.75 Å². The number of benzene rings is 1. The van der Waals surface area contributed by atoms with E-state index in [4.69, 9.17) is 20.4 Å². The van der Waals surface area contributed by atoms with Crippen LogP contribution in [0.4, 0.5) is 5.69 Å². The summed E-state index contributed by atoms with van der Waals surface area (Å²) in [7, 11) is 0. The van der Waals surface area contributed by atoms with Gasteiger partial charge < -0.3 is 20.4 Å². The largest absolute Gasteiger partial charge is 0.478 e. The summed E-state index contributed by atoms with van der Waals surface area (Å²) in [4.78, 5) is 0. The Morgan fingerprint density at radius 1 is 1.31 bits per heavy atom. The molecule has 16 heavy (non-hydrogen) atoms. The summed E-state index contributed by atoms with van der Waals surface area (Å²) in [6.07, 6.45) is 0.861. The van der Waals surface area contributed by atoms with E-state index in [0.717, 1.165) is 17.9 Å². The monoisotopic (exact) mass is 242 g/mol. The van der Waals surface area contributed by atoms with Crippen LogP contribution in [0, 0.1) is 0 Å². The van der Waals surface area contributed by atoms with Gasteiger partial charge in [-0.05, 0) is 30.7 Å². The first-order chi connectivity index (χ1) is 7.76. The zero-order valence-corrected chi connectivity index (χ0v) is 10.2. The molecule has 1 rings (SSSR count). The molecule has 0 heterocycles. The van der Waals surface area contributed by atoms with E-state index >= 15 is 0 Å². The van der Waals surface area contributed by atoms with Crippen LogP contribution >= 0.6 is 12.0 Å². The summed E-state index contributed by atoms with van der Waals surface area (Å²) in [5.41, 5.74) is 11.6. The molecular weight excluding hydrogens is 224 g/mol. The molecule has 0 aromatic heterocycles. The summed E-state index contributed by atoms with van der Waals surface area (Å²) in [6, 6.07) is 7.32. The van der Waals surface area contributed by atoms with Crippen molar-refractivity contribution >= 4 is 17.7 Å². The molecule has 1 atom stereocenters. The molecule has 0 saturated carbocycles. The fraction of sp³-hybridized carbons (Fsp3) is 0.455. The number of anilines is 1. The third kappa shape index (κ3) is 4.74. The highest BCUT2D eigenvalue weighted by Crippen LogP contribution is 2.22. The Labute approximate surface area is 100 Å². The van der Waals surface area contributed by atoms with Crippen molar-refractivity contribution in [2.45, 2.75) is 18.8 Å². The number of nitrogen functional groups attached to an aromatic ring is 1. The Bertz CT molecular complexity index is 293. The lowest BCUT2D eigenvalue weighted by molar-refractivity contribution is 0.264. The highest BCUT2D eigenvalue weighted by atomic mass is 32.2. The van der Waals surface area contributed by atoms with Crippen molar-refractivity contribution in [3.63, 3.8) is 0 Å². The number of rotatable bonds is 7. The second kappa shape index (κ2) is 7.38. The molecule has 0 fully saturated rings. The first kappa shape index (κ1) is 13.2. The van der Waals surface area contributed by atoms with E-state index in [-0.39, 0.29) is 5.44 Å². The van der Waals surface area contributed by atoms with E-state index in [1.165, 1.54) is 12.0 Å². The molecule has 1 aromatic carbocycles. The Morgan fingerprint density at radius 3 is 2.56 bits per heavy atom. The number of hydrogen-bond donors (Lipinski definition) is 2. The van der Waals surface area contributed by atoms with Crippen molar-refractivity contribution in [3.05, 3.63) is 24.3 Å². The summed E-state index contributed by atoms with van der Waals surface area (Å²) in [5, 5.41) is 0. The smallest absolute Gasteiger partial charge is 0.169 e. The van der Waals surface area contributed by atoms with Crippen LogP contribution in [0.2, 0.25) is 0 Å². The zero-order valence-electron chi connectivity index (χ0n) is 9.39. The van der Waals surface area contributed by atoms with Crippen LogP contribution in [0.1, 0.15) is 13.3 Å². The molecule has 90 valence electrons. The molecule has 1 unspecified atom stereocenters. The molecule has 0 aliphatic rings. The van der Waals surface area contributed by atoms with Gasteiger partial charge in [-0.2, -0.15) is 0 Å². The molecule has 0 saturated heterocycles. The average molecular weight is 242 g/mol. The minimum Gasteiger partial charge on any atom is -0.478 e. The van der Waals surface area contributed by atoms with Gasteiger partial charge in [0.15, 0.2) is 5.44 Å². The van der Waals surface area contributed by atoms with Crippen LogP contribution < -0.4 is 16.2 Å². The van der Waals surface area contributed by atoms with Crippen LogP contribution in [0.15, 0.2) is 24.3 Å². The van der Waals surface area contributed by atoms with Gasteiger partial charge in [-0.15, -0.1) is 0 Å². The molecule has 0 spiro atoms. The molecular formula is C11H18N2O2S. The zero-order chi connectivity index (χ0) is 11.8. The van der Waals surface area contributed by atoms with Crippen molar-refractivity contribution in [3.8, 4) is 5.75 Å². The Morgan fingerprint density at radius 2 is 2.00 bits per heavy atom. The third-order valence-electron chi connectivity index (χ3n) is 1.86. The Balaban J connectivity index is 2.40. The van der Waals surface area contributed by atoms with Crippen molar-refractivity contribution in [1.82, 2.24) is 0 Å². The highest BCUT2D eigenvalue weighted by molar-refractivity contribution is 7.95. The molecule has 5 heteroatoms. The van der Waals surface area contributed by atoms with E-state index < -0.39 is 0 Å². The van der Waals surface area contributed by atoms with Crippen molar-refractivity contribution in [2.24, 2.45) is 5.73 Å². The molecule has 0 amide bonds. The number of ether oxygens (including phenoxy) is 1. The first-order valence-electron chi connectivity index (χ1n) is 5.26. The second-order valence-corrected chi connectivity index (χ2v) is 4.19. The number of hydrogen-bond acceptors (Lipinski definition) is 5. The lowest BCUT2D eigenvalue weighted by Gasteiger charge is -2.16. The Hall–Kier alpha value is -0.910. The summed E-state index contributed by atoms with van der Waals surface area (Å²) < 4.78 is 11.0. The van der Waals surface area contributed by atoms with Crippen LogP contribution in [-0.2, 0) is 4.18 Å². The fourth-order valence-electron chi connectivity index (χ4n) is 1.04. The minimum atomic E-state index is -0.0184. The summed E-state index contributed by atoms with van der Waals surface area (Å²) in [5.74, 6) is 0.796. The van der Waals surface area contributed by atoms with Gasteiger partial charge in [0.25, 0.3) is 0 Å². The maximum absolute atomic E-state index is 5.71.